The maximum atomic E-state index is 6.31. The number of aromatic nitrogens is 1. The minimum absolute atomic E-state index is 0. The number of halogens is 6. The third-order valence-corrected chi connectivity index (χ3v) is 6.93. The normalized spacial score (nSPS) is 18.2. The Hall–Kier alpha value is -0.650. The van der Waals surface area contributed by atoms with Gasteiger partial charge in [0.1, 0.15) is 0 Å². The average molecular weight is 542 g/mol. The Kier molecular flexibility index (Phi) is 10.3. The summed E-state index contributed by atoms with van der Waals surface area (Å²) in [5.41, 5.74) is 2.89. The third-order valence-electron chi connectivity index (χ3n) is 5.50. The first kappa shape index (κ1) is 26.6. The summed E-state index contributed by atoms with van der Waals surface area (Å²) in [4.78, 5) is 4.42. The third kappa shape index (κ3) is 6.45. The molecule has 3 aromatic rings. The van der Waals surface area contributed by atoms with Crippen molar-refractivity contribution in [3.63, 3.8) is 0 Å². The summed E-state index contributed by atoms with van der Waals surface area (Å²) in [5, 5.41) is 10.8. The van der Waals surface area contributed by atoms with Gasteiger partial charge in [0.05, 0.1) is 15.6 Å². The number of hydrogen-bond donors (Lipinski definition) is 2. The fourth-order valence-electron chi connectivity index (χ4n) is 3.89. The Morgan fingerprint density at radius 1 is 0.839 bits per heavy atom. The molecule has 1 aliphatic carbocycles. The smallest absolute Gasteiger partial charge is 0.0737 e. The van der Waals surface area contributed by atoms with Gasteiger partial charge in [-0.15, -0.1) is 24.8 Å². The minimum Gasteiger partial charge on any atom is -0.382 e. The van der Waals surface area contributed by atoms with Crippen LogP contribution in [0.2, 0.25) is 20.1 Å². The Balaban J connectivity index is 0.00000171. The molecule has 4 rings (SSSR count). The highest BCUT2D eigenvalue weighted by Gasteiger charge is 2.22. The van der Waals surface area contributed by atoms with Gasteiger partial charge in [0.25, 0.3) is 0 Å². The van der Waals surface area contributed by atoms with Gasteiger partial charge in [-0.1, -0.05) is 46.4 Å². The van der Waals surface area contributed by atoms with Gasteiger partial charge in [-0.25, -0.2) is 0 Å². The SMILES string of the molecule is Cl.Cl.Clc1ccc2c(NC3CCC(NCc4c(Cl)ccc(Cl)c4Cl)CC3)ccnc2c1. The van der Waals surface area contributed by atoms with Crippen LogP contribution in [0.1, 0.15) is 31.2 Å². The van der Waals surface area contributed by atoms with E-state index in [0.29, 0.717) is 38.7 Å². The second-order valence-corrected chi connectivity index (χ2v) is 9.04. The minimum atomic E-state index is 0. The number of anilines is 1. The molecule has 0 radical (unpaired) electrons. The first-order valence-corrected chi connectivity index (χ1v) is 11.2. The van der Waals surface area contributed by atoms with E-state index < -0.39 is 0 Å². The molecule has 1 heterocycles. The molecule has 168 valence electrons. The molecule has 9 heteroatoms. The lowest BCUT2D eigenvalue weighted by atomic mass is 9.90. The zero-order valence-electron chi connectivity index (χ0n) is 16.5. The van der Waals surface area contributed by atoms with Crippen LogP contribution in [-0.4, -0.2) is 17.1 Å². The zero-order valence-corrected chi connectivity index (χ0v) is 21.2. The van der Waals surface area contributed by atoms with E-state index >= 15 is 0 Å². The van der Waals surface area contributed by atoms with Crippen LogP contribution in [0.3, 0.4) is 0 Å². The molecule has 0 unspecified atom stereocenters. The lowest BCUT2D eigenvalue weighted by molar-refractivity contribution is 0.353. The molecule has 3 nitrogen and oxygen atoms in total. The highest BCUT2D eigenvalue weighted by Crippen LogP contribution is 2.32. The van der Waals surface area contributed by atoms with E-state index in [1.807, 2.05) is 30.5 Å². The van der Waals surface area contributed by atoms with Crippen molar-refractivity contribution >= 4 is 87.8 Å². The Bertz CT molecular complexity index is 1020. The number of nitrogens with one attached hydrogen (secondary N) is 2. The van der Waals surface area contributed by atoms with Gasteiger partial charge in [-0.05, 0) is 62.1 Å². The van der Waals surface area contributed by atoms with E-state index in [0.717, 1.165) is 47.8 Å². The molecule has 1 saturated carbocycles. The van der Waals surface area contributed by atoms with Gasteiger partial charge in [-0.3, -0.25) is 4.98 Å². The largest absolute Gasteiger partial charge is 0.382 e. The summed E-state index contributed by atoms with van der Waals surface area (Å²) >= 11 is 24.8. The maximum Gasteiger partial charge on any atom is 0.0737 e. The Labute approximate surface area is 215 Å². The molecule has 2 aromatic carbocycles. The van der Waals surface area contributed by atoms with Crippen LogP contribution in [-0.2, 0) is 6.54 Å². The van der Waals surface area contributed by atoms with Crippen molar-refractivity contribution in [2.24, 2.45) is 0 Å². The standard InChI is InChI=1S/C22H21Cl4N3.2ClH/c23-13-1-6-16-20(9-10-27-21(16)11-13)29-15-4-2-14(3-5-15)28-12-17-18(24)7-8-19(25)22(17)26;;/h1,6-11,14-15,28H,2-5,12H2,(H,27,29);2*1H. The average Bonchev–Trinajstić information content (AvgIpc) is 2.72. The van der Waals surface area contributed by atoms with E-state index in [1.165, 1.54) is 0 Å². The highest BCUT2D eigenvalue weighted by molar-refractivity contribution is 6.44. The quantitative estimate of drug-likeness (QED) is 0.319. The van der Waals surface area contributed by atoms with E-state index in [4.69, 9.17) is 46.4 Å². The number of hydrogen-bond acceptors (Lipinski definition) is 3. The summed E-state index contributed by atoms with van der Waals surface area (Å²) in [7, 11) is 0. The second kappa shape index (κ2) is 12.0. The zero-order chi connectivity index (χ0) is 20.4. The molecule has 1 aliphatic rings. The van der Waals surface area contributed by atoms with Crippen molar-refractivity contribution in [3.8, 4) is 0 Å². The number of fused-ring (bicyclic) bond motifs is 1. The van der Waals surface area contributed by atoms with E-state index in [9.17, 15) is 0 Å². The summed E-state index contributed by atoms with van der Waals surface area (Å²) in [6.07, 6.45) is 6.18. The van der Waals surface area contributed by atoms with Crippen LogP contribution in [0.5, 0.6) is 0 Å². The van der Waals surface area contributed by atoms with Crippen molar-refractivity contribution < 1.29 is 0 Å². The number of nitrogens with zero attached hydrogens (tertiary/aromatic N) is 1. The second-order valence-electron chi connectivity index (χ2n) is 7.42. The first-order valence-electron chi connectivity index (χ1n) is 9.68. The van der Waals surface area contributed by atoms with Crippen LogP contribution < -0.4 is 10.6 Å². The molecule has 0 aliphatic heterocycles. The van der Waals surface area contributed by atoms with E-state index in [-0.39, 0.29) is 24.8 Å². The lowest BCUT2D eigenvalue weighted by Gasteiger charge is -2.31. The monoisotopic (exact) mass is 539 g/mol. The molecule has 0 bridgehead atoms. The van der Waals surface area contributed by atoms with Gasteiger partial charge < -0.3 is 10.6 Å². The molecule has 0 saturated heterocycles. The van der Waals surface area contributed by atoms with Crippen LogP contribution in [0, 0.1) is 0 Å². The van der Waals surface area contributed by atoms with E-state index in [1.54, 1.807) is 12.1 Å². The van der Waals surface area contributed by atoms with Crippen LogP contribution in [0.4, 0.5) is 5.69 Å². The van der Waals surface area contributed by atoms with Crippen LogP contribution in [0.15, 0.2) is 42.6 Å². The molecule has 31 heavy (non-hydrogen) atoms. The van der Waals surface area contributed by atoms with Gasteiger partial charge in [0.2, 0.25) is 0 Å². The lowest BCUT2D eigenvalue weighted by Crippen LogP contribution is -2.36. The first-order chi connectivity index (χ1) is 14.0. The van der Waals surface area contributed by atoms with Crippen molar-refractivity contribution in [2.75, 3.05) is 5.32 Å². The highest BCUT2D eigenvalue weighted by atomic mass is 35.5. The summed E-state index contributed by atoms with van der Waals surface area (Å²) in [5.74, 6) is 0. The molecular formula is C22H23Cl6N3. The fraction of sp³-hybridized carbons (Fsp3) is 0.318. The Morgan fingerprint density at radius 2 is 1.52 bits per heavy atom. The fourth-order valence-corrected chi connectivity index (χ4v) is 4.73. The summed E-state index contributed by atoms with van der Waals surface area (Å²) in [6, 6.07) is 12.3. The number of benzene rings is 2. The van der Waals surface area contributed by atoms with Crippen LogP contribution in [0.25, 0.3) is 10.9 Å². The van der Waals surface area contributed by atoms with Gasteiger partial charge in [0, 0.05) is 51.5 Å². The molecule has 1 fully saturated rings. The van der Waals surface area contributed by atoms with Crippen LogP contribution >= 0.6 is 71.2 Å². The van der Waals surface area contributed by atoms with Gasteiger partial charge in [-0.2, -0.15) is 0 Å². The van der Waals surface area contributed by atoms with Gasteiger partial charge >= 0.3 is 0 Å². The predicted octanol–water partition coefficient (Wildman–Crippen LogP) is 8.20. The molecule has 1 aromatic heterocycles. The molecule has 0 atom stereocenters. The van der Waals surface area contributed by atoms with Crippen molar-refractivity contribution in [1.29, 1.82) is 0 Å². The summed E-state index contributed by atoms with van der Waals surface area (Å²) < 4.78 is 0. The topological polar surface area (TPSA) is 37.0 Å². The van der Waals surface area contributed by atoms with Crippen molar-refractivity contribution in [3.05, 3.63) is 68.2 Å². The summed E-state index contributed by atoms with van der Waals surface area (Å²) in [6.45, 7) is 0.622. The molecule has 0 spiro atoms. The number of rotatable bonds is 5. The number of pyridine rings is 1. The van der Waals surface area contributed by atoms with E-state index in [2.05, 4.69) is 15.6 Å². The predicted molar refractivity (Wildman–Crippen MR) is 139 cm³/mol. The molecule has 2 N–H and O–H groups in total. The van der Waals surface area contributed by atoms with Crippen molar-refractivity contribution in [1.82, 2.24) is 10.3 Å². The van der Waals surface area contributed by atoms with Gasteiger partial charge in [0.15, 0.2) is 0 Å². The van der Waals surface area contributed by atoms with Crippen molar-refractivity contribution in [2.45, 2.75) is 44.3 Å². The molecular weight excluding hydrogens is 519 g/mol. The Morgan fingerprint density at radius 3 is 2.26 bits per heavy atom. The maximum absolute atomic E-state index is 6.31. The molecule has 0 amide bonds.